The Kier molecular flexibility index (Phi) is 3.18. The van der Waals surface area contributed by atoms with E-state index in [1.54, 1.807) is 36.5 Å². The first kappa shape index (κ1) is 10.2. The van der Waals surface area contributed by atoms with Gasteiger partial charge in [-0.05, 0) is 24.3 Å². The van der Waals surface area contributed by atoms with Gasteiger partial charge in [-0.1, -0.05) is 30.3 Å². The van der Waals surface area contributed by atoms with E-state index in [2.05, 4.69) is 10.2 Å². The maximum atomic E-state index is 11.7. The van der Waals surface area contributed by atoms with Crippen LogP contribution in [0.4, 0.5) is 0 Å². The van der Waals surface area contributed by atoms with Gasteiger partial charge < -0.3 is 0 Å². The first-order valence-electron chi connectivity index (χ1n) is 4.91. The number of ketones is 1. The summed E-state index contributed by atoms with van der Waals surface area (Å²) in [7, 11) is 0. The summed E-state index contributed by atoms with van der Waals surface area (Å²) < 4.78 is 0. The van der Waals surface area contributed by atoms with Crippen LogP contribution >= 0.6 is 0 Å². The molecule has 3 nitrogen and oxygen atoms in total. The van der Waals surface area contributed by atoms with Crippen molar-refractivity contribution < 1.29 is 4.79 Å². The minimum Gasteiger partial charge on any atom is -0.289 e. The maximum Gasteiger partial charge on any atom is 0.185 e. The van der Waals surface area contributed by atoms with E-state index < -0.39 is 0 Å². The van der Waals surface area contributed by atoms with Gasteiger partial charge in [0.2, 0.25) is 0 Å². The Morgan fingerprint density at radius 2 is 1.88 bits per heavy atom. The van der Waals surface area contributed by atoms with Crippen molar-refractivity contribution in [3.8, 4) is 0 Å². The van der Waals surface area contributed by atoms with E-state index in [0.29, 0.717) is 11.3 Å². The van der Waals surface area contributed by atoms with E-state index >= 15 is 0 Å². The zero-order valence-corrected chi connectivity index (χ0v) is 8.58. The molecule has 0 spiro atoms. The quantitative estimate of drug-likeness (QED) is 0.577. The molecule has 0 atom stereocenters. The Morgan fingerprint density at radius 3 is 2.56 bits per heavy atom. The fourth-order valence-electron chi connectivity index (χ4n) is 1.26. The van der Waals surface area contributed by atoms with Crippen molar-refractivity contribution in [3.05, 3.63) is 66.0 Å². The SMILES string of the molecule is O=C(C=Cc1cccnn1)c1ccccc1. The normalized spacial score (nSPS) is 10.5. The number of carbonyl (C=O) groups excluding carboxylic acids is 1. The van der Waals surface area contributed by atoms with Crippen LogP contribution in [-0.2, 0) is 0 Å². The van der Waals surface area contributed by atoms with Gasteiger partial charge >= 0.3 is 0 Å². The Hall–Kier alpha value is -2.29. The van der Waals surface area contributed by atoms with Crippen molar-refractivity contribution in [1.82, 2.24) is 10.2 Å². The second kappa shape index (κ2) is 4.98. The summed E-state index contributed by atoms with van der Waals surface area (Å²) in [6.45, 7) is 0. The Labute approximate surface area is 93.5 Å². The second-order valence-electron chi connectivity index (χ2n) is 3.21. The molecular formula is C13H10N2O. The van der Waals surface area contributed by atoms with Crippen molar-refractivity contribution in [2.45, 2.75) is 0 Å². The fraction of sp³-hybridized carbons (Fsp3) is 0. The predicted octanol–water partition coefficient (Wildman–Crippen LogP) is 2.37. The lowest BCUT2D eigenvalue weighted by Crippen LogP contribution is -1.93. The molecule has 0 saturated carbocycles. The van der Waals surface area contributed by atoms with Crippen LogP contribution < -0.4 is 0 Å². The topological polar surface area (TPSA) is 42.9 Å². The summed E-state index contributed by atoms with van der Waals surface area (Å²) in [6.07, 6.45) is 4.75. The number of carbonyl (C=O) groups is 1. The van der Waals surface area contributed by atoms with E-state index in [-0.39, 0.29) is 5.78 Å². The highest BCUT2D eigenvalue weighted by Gasteiger charge is 1.99. The first-order valence-corrected chi connectivity index (χ1v) is 4.91. The highest BCUT2D eigenvalue weighted by molar-refractivity contribution is 6.06. The molecule has 0 N–H and O–H groups in total. The van der Waals surface area contributed by atoms with E-state index in [4.69, 9.17) is 0 Å². The van der Waals surface area contributed by atoms with Crippen LogP contribution in [0.5, 0.6) is 0 Å². The van der Waals surface area contributed by atoms with Gasteiger partial charge in [0.05, 0.1) is 5.69 Å². The molecule has 0 amide bonds. The summed E-state index contributed by atoms with van der Waals surface area (Å²) in [4.78, 5) is 11.7. The highest BCUT2D eigenvalue weighted by Crippen LogP contribution is 2.02. The minimum absolute atomic E-state index is 0.0359. The Balaban J connectivity index is 2.12. The van der Waals surface area contributed by atoms with E-state index in [1.165, 1.54) is 6.08 Å². The number of aromatic nitrogens is 2. The van der Waals surface area contributed by atoms with E-state index in [1.807, 2.05) is 18.2 Å². The number of benzene rings is 1. The third-order valence-corrected chi connectivity index (χ3v) is 2.06. The summed E-state index contributed by atoms with van der Waals surface area (Å²) in [5.74, 6) is -0.0359. The third kappa shape index (κ3) is 2.60. The lowest BCUT2D eigenvalue weighted by atomic mass is 10.1. The molecule has 0 saturated heterocycles. The maximum absolute atomic E-state index is 11.7. The molecule has 1 heterocycles. The second-order valence-corrected chi connectivity index (χ2v) is 3.21. The molecule has 2 rings (SSSR count). The van der Waals surface area contributed by atoms with Crippen molar-refractivity contribution in [1.29, 1.82) is 0 Å². The molecule has 1 aromatic heterocycles. The lowest BCUT2D eigenvalue weighted by molar-refractivity contribution is 0.104. The number of hydrogen-bond donors (Lipinski definition) is 0. The summed E-state index contributed by atoms with van der Waals surface area (Å²) >= 11 is 0. The van der Waals surface area contributed by atoms with Gasteiger partial charge in [0.25, 0.3) is 0 Å². The molecule has 0 unspecified atom stereocenters. The molecule has 0 aliphatic rings. The largest absolute Gasteiger partial charge is 0.289 e. The molecule has 0 bridgehead atoms. The molecule has 16 heavy (non-hydrogen) atoms. The van der Waals surface area contributed by atoms with Gasteiger partial charge in [-0.2, -0.15) is 10.2 Å². The van der Waals surface area contributed by atoms with Gasteiger partial charge in [0.15, 0.2) is 5.78 Å². The monoisotopic (exact) mass is 210 g/mol. The van der Waals surface area contributed by atoms with Crippen molar-refractivity contribution in [2.75, 3.05) is 0 Å². The van der Waals surface area contributed by atoms with Crippen LogP contribution in [0.15, 0.2) is 54.7 Å². The van der Waals surface area contributed by atoms with Gasteiger partial charge in [0, 0.05) is 11.8 Å². The van der Waals surface area contributed by atoms with Crippen molar-refractivity contribution >= 4 is 11.9 Å². The average Bonchev–Trinajstić information content (AvgIpc) is 2.38. The predicted molar refractivity (Wildman–Crippen MR) is 61.8 cm³/mol. The van der Waals surface area contributed by atoms with Gasteiger partial charge in [-0.15, -0.1) is 0 Å². The van der Waals surface area contributed by atoms with Crippen molar-refractivity contribution in [3.63, 3.8) is 0 Å². The zero-order valence-electron chi connectivity index (χ0n) is 8.58. The van der Waals surface area contributed by atoms with Crippen LogP contribution in [0, 0.1) is 0 Å². The summed E-state index contributed by atoms with van der Waals surface area (Å²) in [6, 6.07) is 12.7. The number of allylic oxidation sites excluding steroid dienone is 1. The third-order valence-electron chi connectivity index (χ3n) is 2.06. The van der Waals surface area contributed by atoms with Gasteiger partial charge in [-0.25, -0.2) is 0 Å². The highest BCUT2D eigenvalue weighted by atomic mass is 16.1. The minimum atomic E-state index is -0.0359. The van der Waals surface area contributed by atoms with Crippen LogP contribution in [-0.4, -0.2) is 16.0 Å². The van der Waals surface area contributed by atoms with Gasteiger partial charge in [0.1, 0.15) is 0 Å². The smallest absolute Gasteiger partial charge is 0.185 e. The molecule has 3 heteroatoms. The number of hydrogen-bond acceptors (Lipinski definition) is 3. The lowest BCUT2D eigenvalue weighted by Gasteiger charge is -1.93. The Bertz CT molecular complexity index is 492. The number of nitrogens with zero attached hydrogens (tertiary/aromatic N) is 2. The average molecular weight is 210 g/mol. The summed E-state index contributed by atoms with van der Waals surface area (Å²) in [5, 5.41) is 7.58. The molecule has 0 fully saturated rings. The molecular weight excluding hydrogens is 200 g/mol. The van der Waals surface area contributed by atoms with Gasteiger partial charge in [-0.3, -0.25) is 4.79 Å². The molecule has 2 aromatic rings. The van der Waals surface area contributed by atoms with Crippen LogP contribution in [0.3, 0.4) is 0 Å². The van der Waals surface area contributed by atoms with Crippen LogP contribution in [0.2, 0.25) is 0 Å². The zero-order chi connectivity index (χ0) is 11.2. The van der Waals surface area contributed by atoms with Crippen LogP contribution in [0.25, 0.3) is 6.08 Å². The standard InChI is InChI=1S/C13H10N2O/c16-13(11-5-2-1-3-6-11)9-8-12-7-4-10-14-15-12/h1-10H. The molecule has 0 aliphatic heterocycles. The molecule has 0 radical (unpaired) electrons. The van der Waals surface area contributed by atoms with E-state index in [9.17, 15) is 4.79 Å². The molecule has 78 valence electrons. The number of rotatable bonds is 3. The van der Waals surface area contributed by atoms with Crippen LogP contribution in [0.1, 0.15) is 16.1 Å². The molecule has 1 aromatic carbocycles. The fourth-order valence-corrected chi connectivity index (χ4v) is 1.26. The Morgan fingerprint density at radius 1 is 1.06 bits per heavy atom. The van der Waals surface area contributed by atoms with Crippen molar-refractivity contribution in [2.24, 2.45) is 0 Å². The van der Waals surface area contributed by atoms with E-state index in [0.717, 1.165) is 0 Å². The summed E-state index contributed by atoms with van der Waals surface area (Å²) in [5.41, 5.74) is 1.34. The first-order chi connectivity index (χ1) is 7.86. The molecule has 0 aliphatic carbocycles.